The van der Waals surface area contributed by atoms with Crippen LogP contribution in [0.3, 0.4) is 0 Å². The average molecular weight is 514 g/mol. The minimum atomic E-state index is -4.41. The Morgan fingerprint density at radius 3 is 2.68 bits per heavy atom. The molecule has 2 N–H and O–H groups in total. The first-order valence-electron chi connectivity index (χ1n) is 12.0. The number of nitrogens with one attached hydrogen (secondary N) is 2. The number of fused-ring (bicyclic) bond motifs is 1. The molecule has 0 spiro atoms. The van der Waals surface area contributed by atoms with Gasteiger partial charge in [0.2, 0.25) is 5.89 Å². The Hall–Kier alpha value is -3.63. The van der Waals surface area contributed by atoms with Gasteiger partial charge in [0.25, 0.3) is 5.91 Å². The number of oxazole rings is 1. The van der Waals surface area contributed by atoms with Crippen LogP contribution in [0.5, 0.6) is 0 Å². The van der Waals surface area contributed by atoms with Crippen LogP contribution in [-0.2, 0) is 25.7 Å². The lowest BCUT2D eigenvalue weighted by atomic mass is 10.1. The molecule has 1 amide bonds. The van der Waals surface area contributed by atoms with Crippen LogP contribution in [0.4, 0.5) is 13.2 Å². The van der Waals surface area contributed by atoms with Crippen molar-refractivity contribution < 1.29 is 22.4 Å². The quantitative estimate of drug-likeness (QED) is 0.304. The molecule has 0 saturated heterocycles. The zero-order chi connectivity index (χ0) is 26.4. The van der Waals surface area contributed by atoms with Crippen LogP contribution in [0.25, 0.3) is 10.9 Å². The van der Waals surface area contributed by atoms with E-state index in [-0.39, 0.29) is 24.7 Å². The standard InChI is InChI=1S/C27H30F3N5O2/c1-34(2)13-11-31-26(36)24-18-37-25(33-24)17-35(16-19-6-5-7-21(14-19)27(28,29)30)12-10-20-15-32-23-9-4-3-8-22(20)23/h3-9,14-15,18,32H,10-13,16-17H2,1-2H3,(H,31,36). The molecule has 2 aromatic heterocycles. The van der Waals surface area contributed by atoms with E-state index in [9.17, 15) is 18.0 Å². The Kier molecular flexibility index (Phi) is 8.30. The van der Waals surface area contributed by atoms with Gasteiger partial charge in [-0.25, -0.2) is 4.98 Å². The van der Waals surface area contributed by atoms with E-state index in [0.29, 0.717) is 37.5 Å². The molecule has 37 heavy (non-hydrogen) atoms. The number of aromatic amines is 1. The fraction of sp³-hybridized carbons (Fsp3) is 0.333. The van der Waals surface area contributed by atoms with Crippen molar-refractivity contribution in [3.8, 4) is 0 Å². The van der Waals surface area contributed by atoms with E-state index < -0.39 is 11.7 Å². The highest BCUT2D eigenvalue weighted by atomic mass is 19.4. The summed E-state index contributed by atoms with van der Waals surface area (Å²) in [6, 6.07) is 13.3. The Morgan fingerprint density at radius 1 is 1.08 bits per heavy atom. The van der Waals surface area contributed by atoms with Crippen molar-refractivity contribution in [3.63, 3.8) is 0 Å². The number of aromatic nitrogens is 2. The van der Waals surface area contributed by atoms with Crippen molar-refractivity contribution >= 4 is 16.8 Å². The second-order valence-corrected chi connectivity index (χ2v) is 9.20. The molecule has 196 valence electrons. The number of benzene rings is 2. The van der Waals surface area contributed by atoms with Crippen LogP contribution >= 0.6 is 0 Å². The molecule has 4 rings (SSSR count). The number of halogens is 3. The van der Waals surface area contributed by atoms with Gasteiger partial charge < -0.3 is 19.6 Å². The van der Waals surface area contributed by atoms with Crippen LogP contribution in [-0.4, -0.2) is 59.4 Å². The summed E-state index contributed by atoms with van der Waals surface area (Å²) in [6.45, 7) is 2.21. The van der Waals surface area contributed by atoms with Gasteiger partial charge in [-0.1, -0.05) is 36.4 Å². The third-order valence-electron chi connectivity index (χ3n) is 6.02. The molecular formula is C27H30F3N5O2. The molecular weight excluding hydrogens is 483 g/mol. The molecule has 2 aromatic carbocycles. The van der Waals surface area contributed by atoms with Crippen LogP contribution in [0.15, 0.2) is 65.4 Å². The van der Waals surface area contributed by atoms with Crippen molar-refractivity contribution in [2.24, 2.45) is 0 Å². The predicted molar refractivity (Wildman–Crippen MR) is 135 cm³/mol. The summed E-state index contributed by atoms with van der Waals surface area (Å²) in [5.41, 5.74) is 2.15. The van der Waals surface area contributed by atoms with E-state index in [4.69, 9.17) is 4.42 Å². The average Bonchev–Trinajstić information content (AvgIpc) is 3.49. The summed E-state index contributed by atoms with van der Waals surface area (Å²) in [4.78, 5) is 23.9. The number of carbonyl (C=O) groups excluding carboxylic acids is 1. The first-order chi connectivity index (χ1) is 17.7. The third-order valence-corrected chi connectivity index (χ3v) is 6.02. The number of H-pyrrole nitrogens is 1. The Bertz CT molecular complexity index is 1330. The van der Waals surface area contributed by atoms with Crippen LogP contribution in [0.1, 0.15) is 33.1 Å². The maximum atomic E-state index is 13.3. The lowest BCUT2D eigenvalue weighted by Crippen LogP contribution is -2.31. The van der Waals surface area contributed by atoms with Gasteiger partial charge in [-0.05, 0) is 43.8 Å². The molecule has 0 aliphatic heterocycles. The number of amides is 1. The molecule has 10 heteroatoms. The Labute approximate surface area is 213 Å². The highest BCUT2D eigenvalue weighted by molar-refractivity contribution is 5.91. The van der Waals surface area contributed by atoms with Gasteiger partial charge in [0.1, 0.15) is 6.26 Å². The Balaban J connectivity index is 1.49. The molecule has 7 nitrogen and oxygen atoms in total. The second kappa shape index (κ2) is 11.6. The van der Waals surface area contributed by atoms with Gasteiger partial charge in [0.15, 0.2) is 5.69 Å². The van der Waals surface area contributed by atoms with Crippen molar-refractivity contribution in [3.05, 3.63) is 89.3 Å². The van der Waals surface area contributed by atoms with Gasteiger partial charge in [-0.3, -0.25) is 9.69 Å². The molecule has 0 bridgehead atoms. The summed E-state index contributed by atoms with van der Waals surface area (Å²) < 4.78 is 45.3. The summed E-state index contributed by atoms with van der Waals surface area (Å²) >= 11 is 0. The molecule has 0 saturated carbocycles. The van der Waals surface area contributed by atoms with Gasteiger partial charge in [-0.2, -0.15) is 13.2 Å². The molecule has 0 atom stereocenters. The summed E-state index contributed by atoms with van der Waals surface area (Å²) in [6.07, 6.45) is -0.485. The van der Waals surface area contributed by atoms with E-state index in [1.807, 2.05) is 54.4 Å². The summed E-state index contributed by atoms with van der Waals surface area (Å²) in [7, 11) is 3.82. The summed E-state index contributed by atoms with van der Waals surface area (Å²) in [5, 5.41) is 3.90. The smallest absolute Gasteiger partial charge is 0.416 e. The number of nitrogens with zero attached hydrogens (tertiary/aromatic N) is 3. The highest BCUT2D eigenvalue weighted by Crippen LogP contribution is 2.30. The van der Waals surface area contributed by atoms with Gasteiger partial charge >= 0.3 is 6.18 Å². The third kappa shape index (κ3) is 7.21. The number of likely N-dealkylation sites (N-methyl/N-ethyl adjacent to an activating group) is 1. The van der Waals surface area contributed by atoms with Gasteiger partial charge in [0, 0.05) is 43.3 Å². The number of para-hydroxylation sites is 1. The van der Waals surface area contributed by atoms with Crippen LogP contribution in [0.2, 0.25) is 0 Å². The molecule has 0 fully saturated rings. The SMILES string of the molecule is CN(C)CCNC(=O)c1coc(CN(CCc2c[nH]c3ccccc23)Cc2cccc(C(F)(F)F)c2)n1. The zero-order valence-corrected chi connectivity index (χ0v) is 20.8. The fourth-order valence-electron chi connectivity index (χ4n) is 4.10. The molecule has 4 aromatic rings. The van der Waals surface area contributed by atoms with Crippen molar-refractivity contribution in [1.82, 2.24) is 25.1 Å². The Morgan fingerprint density at radius 2 is 1.89 bits per heavy atom. The number of carbonyl (C=O) groups is 1. The highest BCUT2D eigenvalue weighted by Gasteiger charge is 2.30. The van der Waals surface area contributed by atoms with Crippen LogP contribution < -0.4 is 5.32 Å². The lowest BCUT2D eigenvalue weighted by Gasteiger charge is -2.21. The van der Waals surface area contributed by atoms with Crippen molar-refractivity contribution in [1.29, 1.82) is 0 Å². The summed E-state index contributed by atoms with van der Waals surface area (Å²) in [5.74, 6) is -0.0104. The van der Waals surface area contributed by atoms with Crippen molar-refractivity contribution in [2.75, 3.05) is 33.7 Å². The number of hydrogen-bond donors (Lipinski definition) is 2. The second-order valence-electron chi connectivity index (χ2n) is 9.20. The zero-order valence-electron chi connectivity index (χ0n) is 20.8. The molecule has 0 aliphatic carbocycles. The van der Waals surface area contributed by atoms with Gasteiger partial charge in [-0.15, -0.1) is 0 Å². The van der Waals surface area contributed by atoms with E-state index in [1.54, 1.807) is 6.07 Å². The van der Waals surface area contributed by atoms with Crippen LogP contribution in [0, 0.1) is 0 Å². The largest absolute Gasteiger partial charge is 0.447 e. The van der Waals surface area contributed by atoms with E-state index >= 15 is 0 Å². The maximum absolute atomic E-state index is 13.3. The number of rotatable bonds is 11. The maximum Gasteiger partial charge on any atom is 0.416 e. The topological polar surface area (TPSA) is 77.4 Å². The molecule has 0 aliphatic rings. The normalized spacial score (nSPS) is 12.1. The fourth-order valence-corrected chi connectivity index (χ4v) is 4.10. The van der Waals surface area contributed by atoms with E-state index in [1.165, 1.54) is 12.3 Å². The van der Waals surface area contributed by atoms with E-state index in [2.05, 4.69) is 15.3 Å². The first kappa shape index (κ1) is 26.4. The minimum Gasteiger partial charge on any atom is -0.447 e. The van der Waals surface area contributed by atoms with E-state index in [0.717, 1.165) is 28.6 Å². The number of alkyl halides is 3. The minimum absolute atomic E-state index is 0.171. The number of hydrogen-bond acceptors (Lipinski definition) is 5. The van der Waals surface area contributed by atoms with Gasteiger partial charge in [0.05, 0.1) is 12.1 Å². The monoisotopic (exact) mass is 513 g/mol. The molecule has 0 radical (unpaired) electrons. The lowest BCUT2D eigenvalue weighted by molar-refractivity contribution is -0.137. The molecule has 2 heterocycles. The predicted octanol–water partition coefficient (Wildman–Crippen LogP) is 4.71. The van der Waals surface area contributed by atoms with Crippen molar-refractivity contribution in [2.45, 2.75) is 25.7 Å². The first-order valence-corrected chi connectivity index (χ1v) is 12.0. The molecule has 0 unspecified atom stereocenters.